The van der Waals surface area contributed by atoms with Crippen molar-refractivity contribution in [3.8, 4) is 11.3 Å². The molecule has 6 nitrogen and oxygen atoms in total. The van der Waals surface area contributed by atoms with Crippen LogP contribution in [-0.4, -0.2) is 38.1 Å². The van der Waals surface area contributed by atoms with Crippen LogP contribution in [0.5, 0.6) is 0 Å². The number of alkyl halides is 1. The molecule has 180 valence electrons. The second-order valence-corrected chi connectivity index (χ2v) is 10.1. The fourth-order valence-electron chi connectivity index (χ4n) is 3.72. The highest BCUT2D eigenvalue weighted by molar-refractivity contribution is 9.09. The Morgan fingerprint density at radius 1 is 1.11 bits per heavy atom. The zero-order valence-corrected chi connectivity index (χ0v) is 21.6. The van der Waals surface area contributed by atoms with E-state index in [0.29, 0.717) is 27.0 Å². The lowest BCUT2D eigenvalue weighted by molar-refractivity contribution is -0.136. The molecule has 0 spiro atoms. The SMILES string of the molecule is O=C(O)CCNC(=O)c1ccc(Cn2nc(-c3cc(Cl)cc(Cl)c3)cc2C2=CCC(Br)C=C2)cc1. The first kappa shape index (κ1) is 25.2. The number of allylic oxidation sites excluding steroid dienone is 4. The second-order valence-electron chi connectivity index (χ2n) is 8.10. The Bertz CT molecular complexity index is 1300. The van der Waals surface area contributed by atoms with Crippen molar-refractivity contribution >= 4 is 56.6 Å². The number of benzene rings is 2. The molecular weight excluding hydrogens is 553 g/mol. The lowest BCUT2D eigenvalue weighted by atomic mass is 10.0. The van der Waals surface area contributed by atoms with E-state index in [-0.39, 0.29) is 18.9 Å². The van der Waals surface area contributed by atoms with E-state index in [1.54, 1.807) is 18.2 Å². The molecule has 1 aliphatic rings. The zero-order valence-electron chi connectivity index (χ0n) is 18.5. The summed E-state index contributed by atoms with van der Waals surface area (Å²) in [6.07, 6.45) is 7.12. The van der Waals surface area contributed by atoms with Gasteiger partial charge < -0.3 is 10.4 Å². The summed E-state index contributed by atoms with van der Waals surface area (Å²) in [5.41, 5.74) is 5.05. The van der Waals surface area contributed by atoms with Crippen molar-refractivity contribution in [3.63, 3.8) is 0 Å². The first-order valence-electron chi connectivity index (χ1n) is 10.9. The second kappa shape index (κ2) is 11.2. The number of hydrogen-bond donors (Lipinski definition) is 2. The predicted molar refractivity (Wildman–Crippen MR) is 142 cm³/mol. The Morgan fingerprint density at radius 2 is 1.83 bits per heavy atom. The smallest absolute Gasteiger partial charge is 0.305 e. The number of nitrogens with one attached hydrogen (secondary N) is 1. The van der Waals surface area contributed by atoms with Gasteiger partial charge in [-0.2, -0.15) is 5.10 Å². The van der Waals surface area contributed by atoms with Crippen LogP contribution in [0.15, 0.2) is 66.8 Å². The summed E-state index contributed by atoms with van der Waals surface area (Å²) in [4.78, 5) is 23.2. The van der Waals surface area contributed by atoms with Gasteiger partial charge >= 0.3 is 5.97 Å². The van der Waals surface area contributed by atoms with Gasteiger partial charge in [-0.3, -0.25) is 14.3 Å². The first-order chi connectivity index (χ1) is 16.8. The van der Waals surface area contributed by atoms with E-state index in [4.69, 9.17) is 33.4 Å². The number of aromatic nitrogens is 2. The quantitative estimate of drug-likeness (QED) is 0.313. The molecule has 4 rings (SSSR count). The minimum absolute atomic E-state index is 0.0841. The summed E-state index contributed by atoms with van der Waals surface area (Å²) in [6.45, 7) is 0.578. The third-order valence-electron chi connectivity index (χ3n) is 5.45. The van der Waals surface area contributed by atoms with Gasteiger partial charge in [-0.25, -0.2) is 0 Å². The third kappa shape index (κ3) is 6.63. The molecule has 0 radical (unpaired) electrons. The number of hydrogen-bond acceptors (Lipinski definition) is 3. The molecule has 0 saturated heterocycles. The van der Waals surface area contributed by atoms with Gasteiger partial charge in [-0.15, -0.1) is 0 Å². The van der Waals surface area contributed by atoms with Crippen LogP contribution in [0.2, 0.25) is 10.0 Å². The molecule has 2 N–H and O–H groups in total. The fraction of sp³-hybridized carbons (Fsp3) is 0.192. The van der Waals surface area contributed by atoms with E-state index in [1.165, 1.54) is 0 Å². The van der Waals surface area contributed by atoms with Crippen LogP contribution in [0.1, 0.15) is 34.5 Å². The maximum atomic E-state index is 12.2. The molecule has 1 amide bonds. The fourth-order valence-corrected chi connectivity index (χ4v) is 4.58. The molecule has 35 heavy (non-hydrogen) atoms. The molecule has 1 aromatic heterocycles. The van der Waals surface area contributed by atoms with Crippen molar-refractivity contribution in [1.82, 2.24) is 15.1 Å². The Kier molecular flexibility index (Phi) is 8.11. The molecule has 2 aromatic carbocycles. The number of carboxylic acids is 1. The molecule has 1 heterocycles. The van der Waals surface area contributed by atoms with E-state index >= 15 is 0 Å². The number of carboxylic acid groups (broad SMARTS) is 1. The summed E-state index contributed by atoms with van der Waals surface area (Å²) in [5, 5.41) is 17.3. The Balaban J connectivity index is 1.59. The summed E-state index contributed by atoms with van der Waals surface area (Å²) in [7, 11) is 0. The molecule has 0 fully saturated rings. The first-order valence-corrected chi connectivity index (χ1v) is 12.6. The van der Waals surface area contributed by atoms with Crippen LogP contribution >= 0.6 is 39.1 Å². The van der Waals surface area contributed by atoms with Gasteiger partial charge in [0.1, 0.15) is 0 Å². The van der Waals surface area contributed by atoms with Gasteiger partial charge in [0.25, 0.3) is 5.91 Å². The summed E-state index contributed by atoms with van der Waals surface area (Å²) >= 11 is 16.1. The van der Waals surface area contributed by atoms with Crippen molar-refractivity contribution in [1.29, 1.82) is 0 Å². The summed E-state index contributed by atoms with van der Waals surface area (Å²) < 4.78 is 1.93. The maximum absolute atomic E-state index is 12.2. The van der Waals surface area contributed by atoms with Gasteiger partial charge in [-0.1, -0.05) is 69.5 Å². The van der Waals surface area contributed by atoms with E-state index in [0.717, 1.165) is 34.5 Å². The number of carbonyl (C=O) groups is 2. The number of rotatable bonds is 8. The summed E-state index contributed by atoms with van der Waals surface area (Å²) in [5.74, 6) is -1.26. The minimum atomic E-state index is -0.954. The normalized spacial score (nSPS) is 15.1. The van der Waals surface area contributed by atoms with E-state index in [9.17, 15) is 9.59 Å². The average molecular weight is 575 g/mol. The van der Waals surface area contributed by atoms with E-state index in [1.807, 2.05) is 35.0 Å². The lowest BCUT2D eigenvalue weighted by Crippen LogP contribution is -2.25. The van der Waals surface area contributed by atoms with Crippen LogP contribution in [-0.2, 0) is 11.3 Å². The summed E-state index contributed by atoms with van der Waals surface area (Å²) in [6, 6.07) is 14.6. The largest absolute Gasteiger partial charge is 0.481 e. The molecule has 3 aromatic rings. The minimum Gasteiger partial charge on any atom is -0.481 e. The number of carbonyl (C=O) groups excluding carboxylic acids is 1. The highest BCUT2D eigenvalue weighted by Crippen LogP contribution is 2.31. The number of nitrogens with zero attached hydrogens (tertiary/aromatic N) is 2. The molecule has 9 heteroatoms. The number of halogens is 3. The molecule has 1 atom stereocenters. The molecule has 1 aliphatic carbocycles. The Labute approximate surface area is 221 Å². The van der Waals surface area contributed by atoms with Gasteiger partial charge in [0.05, 0.1) is 24.4 Å². The van der Waals surface area contributed by atoms with Crippen molar-refractivity contribution in [2.75, 3.05) is 6.54 Å². The number of aliphatic carboxylic acids is 1. The topological polar surface area (TPSA) is 84.2 Å². The Morgan fingerprint density at radius 3 is 2.46 bits per heavy atom. The van der Waals surface area contributed by atoms with Crippen LogP contribution < -0.4 is 5.32 Å². The van der Waals surface area contributed by atoms with Gasteiger partial charge in [0.15, 0.2) is 0 Å². The van der Waals surface area contributed by atoms with Crippen molar-refractivity contribution in [2.24, 2.45) is 0 Å². The van der Waals surface area contributed by atoms with E-state index < -0.39 is 5.97 Å². The highest BCUT2D eigenvalue weighted by atomic mass is 79.9. The number of amides is 1. The van der Waals surface area contributed by atoms with Crippen molar-refractivity contribution in [3.05, 3.63) is 93.6 Å². The van der Waals surface area contributed by atoms with Crippen LogP contribution in [0.25, 0.3) is 16.8 Å². The predicted octanol–water partition coefficient (Wildman–Crippen LogP) is 6.22. The van der Waals surface area contributed by atoms with Crippen LogP contribution in [0.3, 0.4) is 0 Å². The monoisotopic (exact) mass is 573 g/mol. The molecular formula is C26H22BrCl2N3O3. The maximum Gasteiger partial charge on any atom is 0.305 e. The van der Waals surface area contributed by atoms with Gasteiger partial charge in [0, 0.05) is 32.5 Å². The molecule has 0 saturated carbocycles. The average Bonchev–Trinajstić information content (AvgIpc) is 3.23. The van der Waals surface area contributed by atoms with Gasteiger partial charge in [0.2, 0.25) is 0 Å². The van der Waals surface area contributed by atoms with Crippen LogP contribution in [0, 0.1) is 0 Å². The molecule has 1 unspecified atom stereocenters. The van der Waals surface area contributed by atoms with Gasteiger partial charge in [-0.05, 0) is 54.0 Å². The van der Waals surface area contributed by atoms with Crippen LogP contribution in [0.4, 0.5) is 0 Å². The molecule has 0 bridgehead atoms. The zero-order chi connectivity index (χ0) is 24.9. The highest BCUT2D eigenvalue weighted by Gasteiger charge is 2.16. The standard InChI is InChI=1S/C26H22BrCl2N3O3/c27-20-7-5-17(6-8-20)24-14-23(19-11-21(28)13-22(29)12-19)31-32(24)15-16-1-3-18(4-2-16)26(35)30-10-9-25(33)34/h1-7,11-14,20H,8-10,15H2,(H,30,35)(H,33,34). The van der Waals surface area contributed by atoms with Crippen molar-refractivity contribution in [2.45, 2.75) is 24.2 Å². The lowest BCUT2D eigenvalue weighted by Gasteiger charge is -2.13. The molecule has 0 aliphatic heterocycles. The Hall–Kier alpha value is -2.87. The van der Waals surface area contributed by atoms with E-state index in [2.05, 4.69) is 39.5 Å². The van der Waals surface area contributed by atoms with Crippen molar-refractivity contribution < 1.29 is 14.7 Å². The third-order valence-corrected chi connectivity index (χ3v) is 6.57.